The second kappa shape index (κ2) is 52.6. The summed E-state index contributed by atoms with van der Waals surface area (Å²) in [6.07, 6.45) is 11.0. The van der Waals surface area contributed by atoms with E-state index in [0.717, 1.165) is 131 Å². The Bertz CT molecular complexity index is 7960. The maximum atomic E-state index is 5.16. The number of H-pyrrole nitrogens is 1. The molecule has 726 valence electrons. The maximum Gasteiger partial charge on any atom is 3.00 e. The van der Waals surface area contributed by atoms with E-state index in [1.807, 2.05) is 298 Å². The Labute approximate surface area is 926 Å². The minimum absolute atomic E-state index is 0. The molecule has 14 heteroatoms. The van der Waals surface area contributed by atoms with Crippen molar-refractivity contribution >= 4 is 60.9 Å². The molecular weight excluding hydrogens is 2530 g/mol. The summed E-state index contributed by atoms with van der Waals surface area (Å²) >= 11 is 0. The van der Waals surface area contributed by atoms with Gasteiger partial charge in [0.05, 0.1) is 22.2 Å². The molecular formula is C135H95Ir3N10Pt-4. The molecule has 0 atom stereocenters. The molecule has 0 amide bonds. The van der Waals surface area contributed by atoms with Gasteiger partial charge in [0.15, 0.2) is 0 Å². The number of rotatable bonds is 11. The quantitative estimate of drug-likeness (QED) is 0.127. The third-order valence-corrected chi connectivity index (χ3v) is 24.8. The molecule has 2 aliphatic rings. The third-order valence-electron chi connectivity index (χ3n) is 24.8. The maximum absolute atomic E-state index is 5.16. The number of pyridine rings is 7. The van der Waals surface area contributed by atoms with Gasteiger partial charge in [-0.2, -0.15) is 36.4 Å². The number of hydrogen-bond acceptors (Lipinski definition) is 8. The summed E-state index contributed by atoms with van der Waals surface area (Å²) in [5, 5.41) is 4.90. The van der Waals surface area contributed by atoms with Crippen molar-refractivity contribution in [2.24, 2.45) is 0 Å². The molecule has 0 saturated heterocycles. The number of aromatic amines is 1. The van der Waals surface area contributed by atoms with Crippen LogP contribution in [0.15, 0.2) is 510 Å². The average Bonchev–Trinajstić information content (AvgIpc) is 1.63. The van der Waals surface area contributed by atoms with E-state index in [1.54, 1.807) is 18.6 Å². The molecule has 0 spiro atoms. The Morgan fingerprint density at radius 2 is 0.624 bits per heavy atom. The number of hydrogen-bond donors (Lipinski definition) is 1. The van der Waals surface area contributed by atoms with Crippen LogP contribution < -0.4 is 4.90 Å². The molecule has 2 aliphatic heterocycles. The molecule has 0 saturated carbocycles. The van der Waals surface area contributed by atoms with E-state index < -0.39 is 0 Å². The summed E-state index contributed by atoms with van der Waals surface area (Å²) in [5.74, 6) is 1.93. The van der Waals surface area contributed by atoms with Crippen molar-refractivity contribution < 1.29 is 81.4 Å². The van der Waals surface area contributed by atoms with E-state index in [9.17, 15) is 0 Å². The Morgan fingerprint density at radius 3 is 1.05 bits per heavy atom. The van der Waals surface area contributed by atoms with Crippen molar-refractivity contribution in [2.75, 3.05) is 4.90 Å². The van der Waals surface area contributed by atoms with Crippen molar-refractivity contribution in [1.82, 2.24) is 44.4 Å². The zero-order chi connectivity index (χ0) is 97.9. The molecule has 1 N–H and O–H groups in total. The van der Waals surface area contributed by atoms with Crippen molar-refractivity contribution in [3.8, 4) is 118 Å². The number of nitrogens with one attached hydrogen (secondary N) is 1. The first kappa shape index (κ1) is 105. The molecule has 0 bridgehead atoms. The van der Waals surface area contributed by atoms with Gasteiger partial charge >= 0.3 is 41.2 Å². The molecule has 10 nitrogen and oxygen atoms in total. The summed E-state index contributed by atoms with van der Waals surface area (Å²) in [4.78, 5) is 38.1. The molecule has 2 radical (unpaired) electrons. The van der Waals surface area contributed by atoms with Crippen molar-refractivity contribution in [3.63, 3.8) is 0 Å². The van der Waals surface area contributed by atoms with Gasteiger partial charge < -0.3 is 34.5 Å². The summed E-state index contributed by atoms with van der Waals surface area (Å²) < 4.78 is 2.35. The number of fused-ring (bicyclic) bond motifs is 10. The molecule has 16 aromatic carbocycles. The van der Waals surface area contributed by atoms with Crippen LogP contribution in [0.1, 0.15) is 33.4 Å². The summed E-state index contributed by atoms with van der Waals surface area (Å²) in [6.45, 7) is 4.26. The first-order valence-electron chi connectivity index (χ1n) is 48.2. The normalized spacial score (nSPS) is 10.7. The van der Waals surface area contributed by atoms with Crippen molar-refractivity contribution in [3.05, 3.63) is 598 Å². The predicted octanol–water partition coefficient (Wildman–Crippen LogP) is 32.7. The van der Waals surface area contributed by atoms with Crippen LogP contribution >= 0.6 is 0 Å². The van der Waals surface area contributed by atoms with Gasteiger partial charge in [0, 0.05) is 122 Å². The van der Waals surface area contributed by atoms with Crippen LogP contribution in [0.5, 0.6) is 0 Å². The number of para-hydroxylation sites is 3. The largest absolute Gasteiger partial charge is 3.00 e. The number of benzene rings is 16. The number of anilines is 3. The van der Waals surface area contributed by atoms with E-state index in [1.165, 1.54) is 93.9 Å². The number of nitrogens with zero attached hydrogens (tertiary/aromatic N) is 9. The number of aryl methyl sites for hydroxylation is 2. The van der Waals surface area contributed by atoms with Crippen molar-refractivity contribution in [2.45, 2.75) is 26.7 Å². The van der Waals surface area contributed by atoms with Crippen LogP contribution in [0.25, 0.3) is 161 Å². The minimum atomic E-state index is 0. The average molecular weight is 2630 g/mol. The molecule has 0 fully saturated rings. The van der Waals surface area contributed by atoms with Crippen LogP contribution in [0.3, 0.4) is 0 Å². The van der Waals surface area contributed by atoms with E-state index >= 15 is 0 Å². The molecule has 11 heterocycles. The first-order valence-corrected chi connectivity index (χ1v) is 48.2. The summed E-state index contributed by atoms with van der Waals surface area (Å²) in [6, 6.07) is 190. The summed E-state index contributed by atoms with van der Waals surface area (Å²) in [5.41, 5.74) is 35.4. The fourth-order valence-corrected chi connectivity index (χ4v) is 17.8. The van der Waals surface area contributed by atoms with Gasteiger partial charge in [0.1, 0.15) is 11.6 Å². The molecule has 149 heavy (non-hydrogen) atoms. The first-order chi connectivity index (χ1) is 71.8. The smallest absolute Gasteiger partial charge is 0.353 e. The standard InChI is InChI=1S/C30H19N3.C29H18N3.C19H14.C18H14N.3C11H8N.C6H6.3Ir.Pt/c1-3-8-20(9-4-1)26-16-14-24-18-22-12-7-13-23-19-25-15-17-27(21-10-5-2-6-11-21)32-30(25)33(28(22)23)29(24)31-26;1-3-9-19(10-4-1)25-16-23-22-15-24-21-13-7-8-14-28(21)32(20-11-5-2-6-12-20)29(24)17-26(22)31-27(23)18-30-25;1-15-14-18(16-8-4-2-5-9-16)12-13-19(15)17-10-6-3-7-11-17;1-14-12-18(16-10-6-3-7-11-16)19-13-17(14)15-8-4-2-5-9-15;3*1-2-6-10(7-3-1)11-8-4-5-9-12-11;1-2-4-6-5-3-1;;;;/h1-8,10,12-17H,18-19H2;1-9,11-18,31H;2-8,10-11,13-14H,1H3;2-10,12-13H,1H3;3*1-6,8-9H;1-6H;;;;/q-2;-1;-2;4*-1;;;;+3;+2. The Morgan fingerprint density at radius 1 is 0.255 bits per heavy atom. The zero-order valence-corrected chi connectivity index (χ0v) is 90.7. The van der Waals surface area contributed by atoms with Crippen LogP contribution in [0.2, 0.25) is 0 Å². The second-order valence-corrected chi connectivity index (χ2v) is 34.4. The van der Waals surface area contributed by atoms with Crippen molar-refractivity contribution in [1.29, 1.82) is 0 Å². The minimum Gasteiger partial charge on any atom is -0.353 e. The fourth-order valence-electron chi connectivity index (χ4n) is 17.8. The fraction of sp³-hybridized carbons (Fsp3) is 0.0296. The predicted molar refractivity (Wildman–Crippen MR) is 593 cm³/mol. The molecule has 0 unspecified atom stereocenters. The van der Waals surface area contributed by atoms with E-state index in [4.69, 9.17) is 9.97 Å². The topological polar surface area (TPSA) is 114 Å². The van der Waals surface area contributed by atoms with Gasteiger partial charge in [-0.15, -0.1) is 269 Å². The Balaban J connectivity index is 0.000000126. The van der Waals surface area contributed by atoms with Crippen LogP contribution in [-0.2, 0) is 94.2 Å². The van der Waals surface area contributed by atoms with Gasteiger partial charge in [-0.1, -0.05) is 243 Å². The SMILES string of the molecule is Cc1cc(-c2[c-]cccc2)[c-]cc1-c1ccccc1.Cc1cc(-c2[c-]cccc2)ncc1-c1ccccc1.[Ir+3].[Ir].[Ir].[Pt+2].[c-]1ccccc1-c1cc2c(cn1)[nH]c1cc3c(cc12)c1ccccc1n3-c1ccccc1.[c-]1ccccc1-c1ccc2c(n1)N1c3nc(-c4[c-]cccc4)ccc3Cc3cccc(c31)C2.[c-]1ccccc1-c1ccccn1.[c-]1ccccc1-c1ccccn1.[c-]1ccccc1-c1ccccn1.c1ccccc1. The second-order valence-electron chi connectivity index (χ2n) is 34.4. The van der Waals surface area contributed by atoms with Crippen LogP contribution in [-0.4, -0.2) is 44.4 Å². The van der Waals surface area contributed by atoms with Gasteiger partial charge in [0.25, 0.3) is 0 Å². The van der Waals surface area contributed by atoms with E-state index in [0.29, 0.717) is 0 Å². The third kappa shape index (κ3) is 26.0. The van der Waals surface area contributed by atoms with E-state index in [-0.39, 0.29) is 81.4 Å². The summed E-state index contributed by atoms with van der Waals surface area (Å²) in [7, 11) is 0. The van der Waals surface area contributed by atoms with Gasteiger partial charge in [-0.05, 0) is 129 Å². The molecule has 25 aromatic rings. The van der Waals surface area contributed by atoms with Gasteiger partial charge in [0.2, 0.25) is 0 Å². The van der Waals surface area contributed by atoms with Crippen LogP contribution in [0, 0.1) is 68.4 Å². The van der Waals surface area contributed by atoms with Gasteiger partial charge in [-0.3, -0.25) is 14.9 Å². The molecule has 27 rings (SSSR count). The van der Waals surface area contributed by atoms with Gasteiger partial charge in [-0.25, -0.2) is 11.1 Å². The molecule has 0 aliphatic carbocycles. The van der Waals surface area contributed by atoms with Crippen LogP contribution in [0.4, 0.5) is 17.3 Å². The van der Waals surface area contributed by atoms with E-state index in [2.05, 4.69) is 302 Å². The molecule has 9 aromatic heterocycles. The zero-order valence-electron chi connectivity index (χ0n) is 81.3. The monoisotopic (exact) mass is 2630 g/mol. The number of aromatic nitrogens is 9. The Kier molecular flexibility index (Phi) is 37.2. The Hall–Kier alpha value is -16.4.